The smallest absolute Gasteiger partial charge is 0.333 e. The van der Waals surface area contributed by atoms with Crippen LogP contribution >= 0.6 is 27.5 Å². The van der Waals surface area contributed by atoms with Crippen LogP contribution < -0.4 is 5.32 Å². The van der Waals surface area contributed by atoms with Crippen molar-refractivity contribution in [3.63, 3.8) is 0 Å². The van der Waals surface area contributed by atoms with Crippen LogP contribution in [0.15, 0.2) is 53.0 Å². The fourth-order valence-corrected chi connectivity index (χ4v) is 2.53. The fraction of sp³-hybridized carbons (Fsp3) is 0.133. The van der Waals surface area contributed by atoms with E-state index in [1.165, 1.54) is 7.11 Å². The maximum absolute atomic E-state index is 12.0. The number of para-hydroxylation sites is 1. The Morgan fingerprint density at radius 1 is 1.20 bits per heavy atom. The molecule has 2 rings (SSSR count). The second kappa shape index (κ2) is 6.77. The van der Waals surface area contributed by atoms with Gasteiger partial charge in [0.25, 0.3) is 0 Å². The Hall–Kier alpha value is -1.52. The van der Waals surface area contributed by atoms with Crippen molar-refractivity contribution in [2.24, 2.45) is 0 Å². The second-order valence-corrected chi connectivity index (χ2v) is 5.36. The minimum absolute atomic E-state index is 0.378. The molecule has 0 aliphatic heterocycles. The van der Waals surface area contributed by atoms with E-state index in [9.17, 15) is 4.79 Å². The van der Waals surface area contributed by atoms with Crippen LogP contribution in [0.5, 0.6) is 0 Å². The lowest BCUT2D eigenvalue weighted by Gasteiger charge is -2.20. The highest BCUT2D eigenvalue weighted by Crippen LogP contribution is 2.30. The third kappa shape index (κ3) is 3.32. The van der Waals surface area contributed by atoms with E-state index in [0.29, 0.717) is 10.7 Å². The summed E-state index contributed by atoms with van der Waals surface area (Å²) in [6, 6.07) is 14.1. The maximum atomic E-state index is 12.0. The van der Waals surface area contributed by atoms with Crippen molar-refractivity contribution in [2.75, 3.05) is 12.4 Å². The molecule has 1 N–H and O–H groups in total. The molecule has 0 aromatic heterocycles. The number of esters is 1. The SMILES string of the molecule is COC(=O)C(Nc1ccccc1Cl)c1ccccc1Br. The van der Waals surface area contributed by atoms with Crippen LogP contribution in [0.2, 0.25) is 5.02 Å². The number of benzene rings is 2. The third-order valence-electron chi connectivity index (χ3n) is 2.83. The van der Waals surface area contributed by atoms with Crippen molar-refractivity contribution in [1.82, 2.24) is 0 Å². The van der Waals surface area contributed by atoms with Crippen LogP contribution in [0, 0.1) is 0 Å². The van der Waals surface area contributed by atoms with E-state index in [-0.39, 0.29) is 5.97 Å². The van der Waals surface area contributed by atoms with Crippen LogP contribution in [0.1, 0.15) is 11.6 Å². The first-order valence-corrected chi connectivity index (χ1v) is 7.14. The molecule has 104 valence electrons. The zero-order valence-corrected chi connectivity index (χ0v) is 13.1. The Labute approximate surface area is 131 Å². The molecular weight excluding hydrogens is 342 g/mol. The second-order valence-electron chi connectivity index (χ2n) is 4.10. The van der Waals surface area contributed by atoms with E-state index in [4.69, 9.17) is 16.3 Å². The summed E-state index contributed by atoms with van der Waals surface area (Å²) in [5, 5.41) is 3.67. The fourth-order valence-electron chi connectivity index (χ4n) is 1.82. The minimum Gasteiger partial charge on any atom is -0.467 e. The number of methoxy groups -OCH3 is 1. The van der Waals surface area contributed by atoms with E-state index in [1.54, 1.807) is 6.07 Å². The molecule has 0 fully saturated rings. The van der Waals surface area contributed by atoms with E-state index in [2.05, 4.69) is 21.2 Å². The van der Waals surface area contributed by atoms with Crippen LogP contribution in [0.4, 0.5) is 5.69 Å². The quantitative estimate of drug-likeness (QED) is 0.826. The Morgan fingerprint density at radius 2 is 1.85 bits per heavy atom. The summed E-state index contributed by atoms with van der Waals surface area (Å²) < 4.78 is 5.70. The van der Waals surface area contributed by atoms with Gasteiger partial charge < -0.3 is 10.1 Å². The van der Waals surface area contributed by atoms with Crippen molar-refractivity contribution in [3.05, 3.63) is 63.6 Å². The third-order valence-corrected chi connectivity index (χ3v) is 3.88. The molecule has 0 radical (unpaired) electrons. The molecule has 2 aromatic rings. The molecule has 0 spiro atoms. The van der Waals surface area contributed by atoms with Gasteiger partial charge in [-0.1, -0.05) is 57.9 Å². The normalized spacial score (nSPS) is 11.8. The highest BCUT2D eigenvalue weighted by molar-refractivity contribution is 9.10. The molecule has 0 aliphatic carbocycles. The molecule has 1 unspecified atom stereocenters. The molecule has 2 aromatic carbocycles. The summed E-state index contributed by atoms with van der Waals surface area (Å²) in [5.41, 5.74) is 1.47. The highest BCUT2D eigenvalue weighted by Gasteiger charge is 2.23. The first-order valence-electron chi connectivity index (χ1n) is 5.97. The molecular formula is C15H13BrClNO2. The molecule has 0 amide bonds. The van der Waals surface area contributed by atoms with Crippen molar-refractivity contribution >= 4 is 39.2 Å². The lowest BCUT2D eigenvalue weighted by Crippen LogP contribution is -2.22. The number of hydrogen-bond donors (Lipinski definition) is 1. The standard InChI is InChI=1S/C15H13BrClNO2/c1-20-15(19)14(10-6-2-3-7-11(10)16)18-13-9-5-4-8-12(13)17/h2-9,14,18H,1H3. The van der Waals surface area contributed by atoms with E-state index in [0.717, 1.165) is 10.0 Å². The number of hydrogen-bond acceptors (Lipinski definition) is 3. The zero-order valence-electron chi connectivity index (χ0n) is 10.8. The summed E-state index contributed by atoms with van der Waals surface area (Å²) in [5.74, 6) is -0.378. The molecule has 0 bridgehead atoms. The van der Waals surface area contributed by atoms with Crippen molar-refractivity contribution < 1.29 is 9.53 Å². The first kappa shape index (κ1) is 14.9. The van der Waals surface area contributed by atoms with Gasteiger partial charge in [-0.15, -0.1) is 0 Å². The molecule has 3 nitrogen and oxygen atoms in total. The number of carbonyl (C=O) groups is 1. The van der Waals surface area contributed by atoms with Gasteiger partial charge in [-0.3, -0.25) is 0 Å². The summed E-state index contributed by atoms with van der Waals surface area (Å²) >= 11 is 9.56. The van der Waals surface area contributed by atoms with Crippen molar-refractivity contribution in [3.8, 4) is 0 Å². The number of ether oxygens (including phenoxy) is 1. The van der Waals surface area contributed by atoms with E-state index >= 15 is 0 Å². The van der Waals surface area contributed by atoms with Crippen LogP contribution in [0.3, 0.4) is 0 Å². The van der Waals surface area contributed by atoms with Crippen LogP contribution in [-0.4, -0.2) is 13.1 Å². The summed E-state index contributed by atoms with van der Waals surface area (Å²) in [4.78, 5) is 12.0. The number of anilines is 1. The summed E-state index contributed by atoms with van der Waals surface area (Å²) in [6.45, 7) is 0. The van der Waals surface area contributed by atoms with Crippen molar-refractivity contribution in [2.45, 2.75) is 6.04 Å². The van der Waals surface area contributed by atoms with Gasteiger partial charge in [0, 0.05) is 4.47 Å². The van der Waals surface area contributed by atoms with E-state index in [1.807, 2.05) is 42.5 Å². The molecule has 0 heterocycles. The lowest BCUT2D eigenvalue weighted by molar-refractivity contribution is -0.141. The molecule has 0 aliphatic rings. The minimum atomic E-state index is -0.629. The topological polar surface area (TPSA) is 38.3 Å². The summed E-state index contributed by atoms with van der Waals surface area (Å²) in [7, 11) is 1.36. The monoisotopic (exact) mass is 353 g/mol. The Balaban J connectivity index is 2.37. The van der Waals surface area contributed by atoms with Gasteiger partial charge in [0.05, 0.1) is 17.8 Å². The van der Waals surface area contributed by atoms with E-state index < -0.39 is 6.04 Å². The zero-order chi connectivity index (χ0) is 14.5. The molecule has 1 atom stereocenters. The first-order chi connectivity index (χ1) is 9.63. The highest BCUT2D eigenvalue weighted by atomic mass is 79.9. The van der Waals surface area contributed by atoms with Crippen LogP contribution in [0.25, 0.3) is 0 Å². The average molecular weight is 355 g/mol. The Bertz CT molecular complexity index is 618. The summed E-state index contributed by atoms with van der Waals surface area (Å²) in [6.07, 6.45) is 0. The Morgan fingerprint density at radius 3 is 2.50 bits per heavy atom. The van der Waals surface area contributed by atoms with Crippen LogP contribution in [-0.2, 0) is 9.53 Å². The van der Waals surface area contributed by atoms with Crippen molar-refractivity contribution in [1.29, 1.82) is 0 Å². The van der Waals surface area contributed by atoms with Gasteiger partial charge in [0.15, 0.2) is 6.04 Å². The predicted molar refractivity (Wildman–Crippen MR) is 84.0 cm³/mol. The lowest BCUT2D eigenvalue weighted by atomic mass is 10.1. The predicted octanol–water partition coefficient (Wildman–Crippen LogP) is 4.43. The van der Waals surface area contributed by atoms with Gasteiger partial charge in [-0.25, -0.2) is 4.79 Å². The molecule has 20 heavy (non-hydrogen) atoms. The largest absolute Gasteiger partial charge is 0.467 e. The average Bonchev–Trinajstić information content (AvgIpc) is 2.47. The van der Waals surface area contributed by atoms with Gasteiger partial charge in [-0.05, 0) is 23.8 Å². The van der Waals surface area contributed by atoms with Gasteiger partial charge >= 0.3 is 5.97 Å². The number of rotatable bonds is 4. The molecule has 0 saturated carbocycles. The van der Waals surface area contributed by atoms with Gasteiger partial charge in [0.2, 0.25) is 0 Å². The number of nitrogens with one attached hydrogen (secondary N) is 1. The van der Waals surface area contributed by atoms with Gasteiger partial charge in [-0.2, -0.15) is 0 Å². The number of halogens is 2. The number of carbonyl (C=O) groups excluding carboxylic acids is 1. The molecule has 0 saturated heterocycles. The maximum Gasteiger partial charge on any atom is 0.333 e. The molecule has 5 heteroatoms. The Kier molecular flexibility index (Phi) is 5.04. The van der Waals surface area contributed by atoms with Gasteiger partial charge in [0.1, 0.15) is 0 Å².